The first-order valence-electron chi connectivity index (χ1n) is 14.8. The lowest BCUT2D eigenvalue weighted by atomic mass is 9.98. The van der Waals surface area contributed by atoms with Gasteiger partial charge >= 0.3 is 0 Å². The fraction of sp³-hybridized carbons (Fsp3) is 0.355. The summed E-state index contributed by atoms with van der Waals surface area (Å²) in [5.74, 6) is 0.238. The number of Topliss-reactive ketones (excluding diaryl/α,β-unsaturated/α-hetero) is 1. The third kappa shape index (κ3) is 5.28. The van der Waals surface area contributed by atoms with Crippen molar-refractivity contribution in [1.82, 2.24) is 34.6 Å². The Morgan fingerprint density at radius 1 is 1.11 bits per heavy atom. The van der Waals surface area contributed by atoms with Crippen molar-refractivity contribution in [2.24, 2.45) is 15.5 Å². The highest BCUT2D eigenvalue weighted by atomic mass is 79.9. The maximum Gasteiger partial charge on any atom is 0.248 e. The van der Waals surface area contributed by atoms with Gasteiger partial charge in [0.2, 0.25) is 18.2 Å². The number of likely N-dealkylation sites (tertiary alicyclic amines) is 1. The lowest BCUT2D eigenvalue weighted by Crippen LogP contribution is -2.47. The number of halogens is 1. The first-order valence-corrected chi connectivity index (χ1v) is 15.6. The number of ketones is 1. The number of hydrogen-bond donors (Lipinski definition) is 1. The fourth-order valence-corrected chi connectivity index (χ4v) is 7.00. The largest absolute Gasteiger partial charge is 0.325 e. The highest BCUT2D eigenvalue weighted by Crippen LogP contribution is 2.60. The maximum absolute atomic E-state index is 14.2. The van der Waals surface area contributed by atoms with Crippen molar-refractivity contribution < 1.29 is 19.0 Å². The van der Waals surface area contributed by atoms with E-state index in [-0.39, 0.29) is 45.9 Å². The molecule has 1 unspecified atom stereocenters. The average molecular weight is 686 g/mol. The molecule has 4 atom stereocenters. The predicted molar refractivity (Wildman–Crippen MR) is 173 cm³/mol. The van der Waals surface area contributed by atoms with Gasteiger partial charge in [-0.15, -0.1) is 0 Å². The van der Waals surface area contributed by atoms with E-state index in [4.69, 9.17) is 0 Å². The summed E-state index contributed by atoms with van der Waals surface area (Å²) in [6.07, 6.45) is 9.46. The number of nitrogens with zero attached hydrogens (tertiary/aromatic N) is 10. The minimum Gasteiger partial charge on any atom is -0.325 e. The molecule has 0 radical (unpaired) electrons. The van der Waals surface area contributed by atoms with Crippen molar-refractivity contribution in [2.75, 3.05) is 18.9 Å². The number of rotatable bonds is 8. The normalized spacial score (nSPS) is 24.4. The van der Waals surface area contributed by atoms with E-state index >= 15 is 0 Å². The van der Waals surface area contributed by atoms with Crippen LogP contribution in [0.25, 0.3) is 22.2 Å². The molecular weight excluding hydrogens is 654 g/mol. The predicted octanol–water partition coefficient (Wildman–Crippen LogP) is 3.30. The van der Waals surface area contributed by atoms with Gasteiger partial charge in [-0.2, -0.15) is 14.7 Å². The summed E-state index contributed by atoms with van der Waals surface area (Å²) in [4.78, 5) is 64.1. The number of aryl methyl sites for hydroxylation is 2. The van der Waals surface area contributed by atoms with Gasteiger partial charge in [-0.1, -0.05) is 11.2 Å². The summed E-state index contributed by atoms with van der Waals surface area (Å²) < 4.78 is 2.35. The molecule has 0 aromatic carbocycles. The first kappa shape index (κ1) is 29.9. The van der Waals surface area contributed by atoms with E-state index in [0.29, 0.717) is 51.4 Å². The molecule has 3 aliphatic rings. The van der Waals surface area contributed by atoms with Gasteiger partial charge in [0.05, 0.1) is 24.5 Å². The van der Waals surface area contributed by atoms with Crippen molar-refractivity contribution in [3.8, 4) is 11.3 Å². The minimum atomic E-state index is -0.734. The zero-order valence-electron chi connectivity index (χ0n) is 25.7. The SMILES string of the molecule is CC(=O)c1nn(CC(=O)N2[C@H](C(=O)Nc3nc(Br)ccc3C)C[C@@]3(C[N+]4(C)C=NC=N4)C[C@@H]23)c2cnc(-c3cnc(C)nc3)cc12. The standard InChI is InChI=1S/C31H30BrN11O3/c1-17-5-6-26(32)38-29(17)39-30(46)23-8-31(14-43(4)16-33-15-37-43)9-25(31)42(23)27(45)13-41-24-12-36-22(20-10-34-19(3)35-11-20)7-21(24)28(40-41)18(2)44/h5-7,10-12,15-16,23,25H,8-9,13-14H2,1-4H3/p+1/t23-,25+,31-,43?/m0/s1. The lowest BCUT2D eigenvalue weighted by molar-refractivity contribution is -0.823. The molecule has 46 heavy (non-hydrogen) atoms. The van der Waals surface area contributed by atoms with Gasteiger partial charge in [-0.3, -0.25) is 24.0 Å². The number of hydrogen-bond acceptors (Lipinski definition) is 10. The van der Waals surface area contributed by atoms with Gasteiger partial charge in [0.1, 0.15) is 41.1 Å². The Bertz CT molecular complexity index is 1980. The molecule has 234 valence electrons. The number of pyridine rings is 2. The Hall–Kier alpha value is -4.76. The Balaban J connectivity index is 1.20. The maximum atomic E-state index is 14.2. The molecule has 0 spiro atoms. The number of anilines is 1. The monoisotopic (exact) mass is 684 g/mol. The minimum absolute atomic E-state index is 0.160. The van der Waals surface area contributed by atoms with E-state index < -0.39 is 6.04 Å². The molecule has 7 rings (SSSR count). The van der Waals surface area contributed by atoms with Gasteiger partial charge in [0.15, 0.2) is 12.1 Å². The summed E-state index contributed by atoms with van der Waals surface area (Å²) in [7, 11) is 1.95. The zero-order chi connectivity index (χ0) is 32.4. The van der Waals surface area contributed by atoms with Gasteiger partial charge in [0.25, 0.3) is 0 Å². The number of quaternary nitrogens is 1. The second kappa shape index (κ2) is 10.9. The Labute approximate surface area is 272 Å². The smallest absolute Gasteiger partial charge is 0.248 e. The van der Waals surface area contributed by atoms with Crippen LogP contribution in [0.15, 0.2) is 51.5 Å². The van der Waals surface area contributed by atoms with Crippen molar-refractivity contribution in [3.63, 3.8) is 0 Å². The molecule has 2 amide bonds. The number of nitrogens with one attached hydrogen (secondary N) is 1. The third-order valence-corrected chi connectivity index (χ3v) is 9.42. The van der Waals surface area contributed by atoms with Gasteiger partial charge in [-0.25, -0.2) is 15.0 Å². The summed E-state index contributed by atoms with van der Waals surface area (Å²) in [6, 6.07) is 4.54. The van der Waals surface area contributed by atoms with Crippen molar-refractivity contribution in [3.05, 3.63) is 58.5 Å². The Morgan fingerprint density at radius 3 is 2.61 bits per heavy atom. The number of aliphatic imine (C=N–C) groups is 1. The second-order valence-electron chi connectivity index (χ2n) is 12.4. The van der Waals surface area contributed by atoms with Crippen molar-refractivity contribution >= 4 is 62.9 Å². The summed E-state index contributed by atoms with van der Waals surface area (Å²) in [5, 5.41) is 12.6. The van der Waals surface area contributed by atoms with Crippen LogP contribution >= 0.6 is 15.9 Å². The molecule has 6 heterocycles. The molecule has 1 N–H and O–H groups in total. The van der Waals surface area contributed by atoms with Gasteiger partial charge in [-0.05, 0) is 60.3 Å². The zero-order valence-corrected chi connectivity index (χ0v) is 27.3. The Kier molecular flexibility index (Phi) is 7.12. The number of amides is 2. The highest BCUT2D eigenvalue weighted by molar-refractivity contribution is 9.10. The lowest BCUT2D eigenvalue weighted by Gasteiger charge is -2.27. The molecule has 1 aliphatic carbocycles. The van der Waals surface area contributed by atoms with E-state index in [9.17, 15) is 14.4 Å². The van der Waals surface area contributed by atoms with E-state index in [1.807, 2.05) is 20.0 Å². The molecule has 15 heteroatoms. The summed E-state index contributed by atoms with van der Waals surface area (Å²) in [5.41, 5.74) is 2.55. The highest BCUT2D eigenvalue weighted by Gasteiger charge is 2.70. The number of aromatic nitrogens is 6. The van der Waals surface area contributed by atoms with Gasteiger partial charge in [0, 0.05) is 41.7 Å². The molecule has 4 aromatic heterocycles. The molecule has 1 saturated carbocycles. The molecule has 1 saturated heterocycles. The molecule has 14 nitrogen and oxygen atoms in total. The molecule has 2 aliphatic heterocycles. The molecule has 4 aromatic rings. The van der Waals surface area contributed by atoms with Crippen LogP contribution in [-0.4, -0.2) is 95.2 Å². The van der Waals surface area contributed by atoms with Crippen LogP contribution in [0.3, 0.4) is 0 Å². The van der Waals surface area contributed by atoms with Crippen LogP contribution < -0.4 is 5.32 Å². The van der Waals surface area contributed by atoms with Crippen LogP contribution in [0.2, 0.25) is 0 Å². The van der Waals surface area contributed by atoms with Crippen LogP contribution in [-0.2, 0) is 16.1 Å². The van der Waals surface area contributed by atoms with Crippen molar-refractivity contribution in [1.29, 1.82) is 0 Å². The van der Waals surface area contributed by atoms with E-state index in [2.05, 4.69) is 56.4 Å². The van der Waals surface area contributed by atoms with E-state index in [0.717, 1.165) is 12.0 Å². The fourth-order valence-electron chi connectivity index (χ4n) is 6.69. The molecule has 0 bridgehead atoms. The number of piperidine rings is 1. The molecule has 2 fully saturated rings. The number of fused-ring (bicyclic) bond motifs is 2. The topological polar surface area (TPSA) is 161 Å². The summed E-state index contributed by atoms with van der Waals surface area (Å²) >= 11 is 3.37. The van der Waals surface area contributed by atoms with E-state index in [1.165, 1.54) is 17.9 Å². The van der Waals surface area contributed by atoms with Crippen LogP contribution in [0.4, 0.5) is 5.82 Å². The number of carbonyl (C=O) groups excluding carboxylic acids is 3. The Morgan fingerprint density at radius 2 is 1.89 bits per heavy atom. The van der Waals surface area contributed by atoms with Gasteiger partial charge < -0.3 is 10.2 Å². The quantitative estimate of drug-likeness (QED) is 0.168. The van der Waals surface area contributed by atoms with Crippen LogP contribution in [0.5, 0.6) is 0 Å². The average Bonchev–Trinajstić information content (AvgIpc) is 3.28. The molecular formula is C31H31BrN11O3+. The number of carbonyl (C=O) groups is 3. The van der Waals surface area contributed by atoms with E-state index in [1.54, 1.807) is 48.9 Å². The summed E-state index contributed by atoms with van der Waals surface area (Å²) in [6.45, 7) is 5.53. The van der Waals surface area contributed by atoms with Crippen LogP contribution in [0.1, 0.15) is 41.6 Å². The third-order valence-electron chi connectivity index (χ3n) is 8.98. The first-order chi connectivity index (χ1) is 21.9. The second-order valence-corrected chi connectivity index (χ2v) is 13.2. The van der Waals surface area contributed by atoms with Crippen LogP contribution in [0, 0.1) is 19.3 Å². The van der Waals surface area contributed by atoms with Crippen molar-refractivity contribution in [2.45, 2.75) is 52.2 Å².